The van der Waals surface area contributed by atoms with Gasteiger partial charge in [0, 0.05) is 0 Å². The summed E-state index contributed by atoms with van der Waals surface area (Å²) in [5.41, 5.74) is 0.321. The molecule has 0 amide bonds. The molecule has 0 radical (unpaired) electrons. The number of pyridine rings is 1. The average Bonchev–Trinajstić information content (AvgIpc) is 2.90. The van der Waals surface area contributed by atoms with Crippen LogP contribution in [0.15, 0.2) is 18.2 Å². The second kappa shape index (κ2) is 23.5. The van der Waals surface area contributed by atoms with Crippen LogP contribution in [0.3, 0.4) is 0 Å². The van der Waals surface area contributed by atoms with Crippen LogP contribution in [-0.4, -0.2) is 30.1 Å². The summed E-state index contributed by atoms with van der Waals surface area (Å²) < 4.78 is 10.7. The number of carbonyl (C=O) groups is 2. The zero-order valence-electron chi connectivity index (χ0n) is 23.4. The zero-order chi connectivity index (χ0) is 26.1. The summed E-state index contributed by atoms with van der Waals surface area (Å²) in [5.74, 6) is -0.958. The number of hydrogen-bond acceptors (Lipinski definition) is 5. The Kier molecular flexibility index (Phi) is 21.0. The topological polar surface area (TPSA) is 65.5 Å². The number of hydrogen-bond donors (Lipinski definition) is 0. The highest BCUT2D eigenvalue weighted by atomic mass is 16.5. The van der Waals surface area contributed by atoms with E-state index in [1.54, 1.807) is 18.2 Å². The van der Waals surface area contributed by atoms with E-state index in [1.807, 2.05) is 0 Å². The Morgan fingerprint density at radius 2 is 0.833 bits per heavy atom. The van der Waals surface area contributed by atoms with Gasteiger partial charge in [0.25, 0.3) is 0 Å². The Morgan fingerprint density at radius 1 is 0.528 bits per heavy atom. The number of carbonyl (C=O) groups excluding carboxylic acids is 2. The van der Waals surface area contributed by atoms with Crippen molar-refractivity contribution in [2.24, 2.45) is 0 Å². The van der Waals surface area contributed by atoms with Crippen molar-refractivity contribution in [2.75, 3.05) is 13.2 Å². The van der Waals surface area contributed by atoms with Gasteiger partial charge in [-0.15, -0.1) is 0 Å². The molecule has 0 aliphatic heterocycles. The first-order valence-corrected chi connectivity index (χ1v) is 15.0. The van der Waals surface area contributed by atoms with Gasteiger partial charge in [-0.25, -0.2) is 14.6 Å². The minimum Gasteiger partial charge on any atom is -0.461 e. The monoisotopic (exact) mass is 503 g/mol. The molecule has 1 aromatic rings. The third-order valence-electron chi connectivity index (χ3n) is 6.63. The molecule has 0 aliphatic rings. The van der Waals surface area contributed by atoms with Gasteiger partial charge in [-0.3, -0.25) is 0 Å². The summed E-state index contributed by atoms with van der Waals surface area (Å²) in [6.07, 6.45) is 24.9. The van der Waals surface area contributed by atoms with Gasteiger partial charge in [0.05, 0.1) is 13.2 Å². The molecule has 0 spiro atoms. The minimum absolute atomic E-state index is 0.159. The second-order valence-electron chi connectivity index (χ2n) is 10.0. The van der Waals surface area contributed by atoms with Gasteiger partial charge in [0.1, 0.15) is 11.4 Å². The minimum atomic E-state index is -0.481. The first kappa shape index (κ1) is 32.1. The maximum absolute atomic E-state index is 12.3. The van der Waals surface area contributed by atoms with Crippen LogP contribution in [-0.2, 0) is 9.47 Å². The summed E-state index contributed by atoms with van der Waals surface area (Å²) in [4.78, 5) is 28.7. The van der Waals surface area contributed by atoms with Crippen LogP contribution in [0.1, 0.15) is 163 Å². The summed E-state index contributed by atoms with van der Waals surface area (Å²) >= 11 is 0. The molecule has 0 aromatic carbocycles. The molecule has 0 atom stereocenters. The molecule has 206 valence electrons. The first-order valence-electron chi connectivity index (χ1n) is 15.0. The van der Waals surface area contributed by atoms with E-state index in [9.17, 15) is 9.59 Å². The SMILES string of the molecule is CCCCCCCCCCCCCCCCOC(=O)c1cccc(C(=O)OCCCCCCCC)n1. The van der Waals surface area contributed by atoms with Gasteiger partial charge in [0.2, 0.25) is 0 Å². The fraction of sp³-hybridized carbons (Fsp3) is 0.774. The molecule has 5 nitrogen and oxygen atoms in total. The van der Waals surface area contributed by atoms with Crippen molar-refractivity contribution >= 4 is 11.9 Å². The van der Waals surface area contributed by atoms with Crippen molar-refractivity contribution in [1.82, 2.24) is 4.98 Å². The van der Waals surface area contributed by atoms with Crippen molar-refractivity contribution in [2.45, 2.75) is 142 Å². The normalized spacial score (nSPS) is 10.9. The Morgan fingerprint density at radius 3 is 1.17 bits per heavy atom. The third-order valence-corrected chi connectivity index (χ3v) is 6.63. The summed E-state index contributed by atoms with van der Waals surface area (Å²) in [6, 6.07) is 4.81. The molecular formula is C31H53NO4. The molecule has 0 aliphatic carbocycles. The molecule has 1 aromatic heterocycles. The van der Waals surface area contributed by atoms with Crippen molar-refractivity contribution in [3.8, 4) is 0 Å². The van der Waals surface area contributed by atoms with E-state index >= 15 is 0 Å². The molecule has 0 saturated heterocycles. The van der Waals surface area contributed by atoms with Crippen molar-refractivity contribution in [3.05, 3.63) is 29.6 Å². The molecular weight excluding hydrogens is 450 g/mol. The lowest BCUT2D eigenvalue weighted by Gasteiger charge is -2.07. The maximum atomic E-state index is 12.3. The van der Waals surface area contributed by atoms with Gasteiger partial charge in [-0.05, 0) is 25.0 Å². The molecule has 0 N–H and O–H groups in total. The number of nitrogens with zero attached hydrogens (tertiary/aromatic N) is 1. The van der Waals surface area contributed by atoms with Crippen molar-refractivity contribution < 1.29 is 19.1 Å². The van der Waals surface area contributed by atoms with Crippen LogP contribution in [0.25, 0.3) is 0 Å². The van der Waals surface area contributed by atoms with Crippen molar-refractivity contribution in [1.29, 1.82) is 0 Å². The van der Waals surface area contributed by atoms with Crippen LogP contribution in [0, 0.1) is 0 Å². The molecule has 0 saturated carbocycles. The van der Waals surface area contributed by atoms with E-state index in [0.29, 0.717) is 13.2 Å². The molecule has 1 rings (SSSR count). The Bertz CT molecular complexity index is 676. The Hall–Kier alpha value is -1.91. The quantitative estimate of drug-likeness (QED) is 0.104. The molecule has 0 fully saturated rings. The third kappa shape index (κ3) is 17.5. The first-order chi connectivity index (χ1) is 17.7. The highest BCUT2D eigenvalue weighted by Gasteiger charge is 2.14. The fourth-order valence-corrected chi connectivity index (χ4v) is 4.32. The van der Waals surface area contributed by atoms with Gasteiger partial charge >= 0.3 is 11.9 Å². The molecule has 5 heteroatoms. The lowest BCUT2D eigenvalue weighted by Crippen LogP contribution is -2.13. The molecule has 0 unspecified atom stereocenters. The fourth-order valence-electron chi connectivity index (χ4n) is 4.32. The van der Waals surface area contributed by atoms with Crippen LogP contribution in [0.2, 0.25) is 0 Å². The number of unbranched alkanes of at least 4 members (excludes halogenated alkanes) is 18. The van der Waals surface area contributed by atoms with Gasteiger partial charge in [-0.1, -0.05) is 135 Å². The molecule has 1 heterocycles. The van der Waals surface area contributed by atoms with E-state index in [1.165, 1.54) is 103 Å². The average molecular weight is 504 g/mol. The number of ether oxygens (including phenoxy) is 2. The van der Waals surface area contributed by atoms with Crippen LogP contribution in [0.4, 0.5) is 0 Å². The lowest BCUT2D eigenvalue weighted by atomic mass is 10.0. The number of esters is 2. The Balaban J connectivity index is 2.05. The van der Waals surface area contributed by atoms with Gasteiger partial charge in [-0.2, -0.15) is 0 Å². The van der Waals surface area contributed by atoms with Gasteiger partial charge in [0.15, 0.2) is 0 Å². The summed E-state index contributed by atoms with van der Waals surface area (Å²) in [6.45, 7) is 5.24. The van der Waals surface area contributed by atoms with Gasteiger partial charge < -0.3 is 9.47 Å². The maximum Gasteiger partial charge on any atom is 0.356 e. The summed E-state index contributed by atoms with van der Waals surface area (Å²) in [5, 5.41) is 0. The van der Waals surface area contributed by atoms with Crippen molar-refractivity contribution in [3.63, 3.8) is 0 Å². The largest absolute Gasteiger partial charge is 0.461 e. The predicted octanol–water partition coefficient (Wildman–Crippen LogP) is 9.24. The van der Waals surface area contributed by atoms with E-state index in [-0.39, 0.29) is 11.4 Å². The number of rotatable bonds is 24. The lowest BCUT2D eigenvalue weighted by molar-refractivity contribution is 0.0482. The highest BCUT2D eigenvalue weighted by Crippen LogP contribution is 2.13. The van der Waals surface area contributed by atoms with Crippen LogP contribution < -0.4 is 0 Å². The second-order valence-corrected chi connectivity index (χ2v) is 10.0. The number of aromatic nitrogens is 1. The molecule has 36 heavy (non-hydrogen) atoms. The van der Waals surface area contributed by atoms with Crippen LogP contribution >= 0.6 is 0 Å². The predicted molar refractivity (Wildman–Crippen MR) is 148 cm³/mol. The highest BCUT2D eigenvalue weighted by molar-refractivity contribution is 5.91. The van der Waals surface area contributed by atoms with E-state index in [2.05, 4.69) is 18.8 Å². The standard InChI is InChI=1S/C31H53NO4/c1-3-5-7-9-11-12-13-14-15-16-17-18-20-22-27-36-31(34)29-25-23-24-28(32-29)30(33)35-26-21-19-10-8-6-4-2/h23-25H,3-22,26-27H2,1-2H3. The smallest absolute Gasteiger partial charge is 0.356 e. The van der Waals surface area contributed by atoms with Crippen LogP contribution in [0.5, 0.6) is 0 Å². The van der Waals surface area contributed by atoms with E-state index < -0.39 is 11.9 Å². The summed E-state index contributed by atoms with van der Waals surface area (Å²) in [7, 11) is 0. The Labute approximate surface area is 221 Å². The van der Waals surface area contributed by atoms with E-state index in [4.69, 9.17) is 9.47 Å². The molecule has 0 bridgehead atoms. The van der Waals surface area contributed by atoms with E-state index in [0.717, 1.165) is 25.7 Å². The zero-order valence-corrected chi connectivity index (χ0v) is 23.4.